The van der Waals surface area contributed by atoms with Crippen LogP contribution in [0.1, 0.15) is 44.9 Å². The number of piperidine rings is 3. The third-order valence-electron chi connectivity index (χ3n) is 8.54. The SMILES string of the molecule is COc1cccc2c1ccn2CCC(=O)N1CCCC2=C[C@H]3C[C@@H](CN4CCCC[C@@H]34)[C@H]21. The molecule has 32 heavy (non-hydrogen) atoms. The summed E-state index contributed by atoms with van der Waals surface area (Å²) in [6.07, 6.45) is 12.9. The van der Waals surface area contributed by atoms with E-state index in [1.165, 1.54) is 45.2 Å². The molecule has 0 radical (unpaired) electrons. The van der Waals surface area contributed by atoms with Gasteiger partial charge in [-0.05, 0) is 68.7 Å². The predicted molar refractivity (Wildman–Crippen MR) is 127 cm³/mol. The lowest BCUT2D eigenvalue weighted by atomic mass is 9.68. The molecule has 0 N–H and O–H groups in total. The van der Waals surface area contributed by atoms with E-state index in [-0.39, 0.29) is 0 Å². The molecule has 3 saturated heterocycles. The Kier molecular flexibility index (Phi) is 5.25. The van der Waals surface area contributed by atoms with Crippen LogP contribution in [-0.4, -0.2) is 59.1 Å². The van der Waals surface area contributed by atoms with Gasteiger partial charge in [-0.15, -0.1) is 0 Å². The van der Waals surface area contributed by atoms with Crippen molar-refractivity contribution in [3.8, 4) is 5.75 Å². The van der Waals surface area contributed by atoms with Crippen LogP contribution in [0.25, 0.3) is 10.9 Å². The van der Waals surface area contributed by atoms with E-state index >= 15 is 0 Å². The summed E-state index contributed by atoms with van der Waals surface area (Å²) in [4.78, 5) is 18.5. The van der Waals surface area contributed by atoms with Gasteiger partial charge in [0.2, 0.25) is 5.91 Å². The van der Waals surface area contributed by atoms with Crippen LogP contribution in [0.4, 0.5) is 0 Å². The van der Waals surface area contributed by atoms with Crippen LogP contribution >= 0.6 is 0 Å². The van der Waals surface area contributed by atoms with Crippen molar-refractivity contribution >= 4 is 16.8 Å². The summed E-state index contributed by atoms with van der Waals surface area (Å²) in [6.45, 7) is 4.09. The number of carbonyl (C=O) groups is 1. The van der Waals surface area contributed by atoms with Crippen LogP contribution in [0.5, 0.6) is 5.75 Å². The first-order valence-corrected chi connectivity index (χ1v) is 12.6. The Bertz CT molecular complexity index is 1040. The molecule has 4 aliphatic rings. The third kappa shape index (κ3) is 3.37. The van der Waals surface area contributed by atoms with Gasteiger partial charge >= 0.3 is 0 Å². The number of ether oxygens (including phenoxy) is 1. The Balaban J connectivity index is 1.20. The van der Waals surface area contributed by atoms with E-state index in [0.29, 0.717) is 24.3 Å². The van der Waals surface area contributed by atoms with E-state index in [1.807, 2.05) is 12.1 Å². The van der Waals surface area contributed by atoms with E-state index in [9.17, 15) is 4.79 Å². The summed E-state index contributed by atoms with van der Waals surface area (Å²) in [7, 11) is 1.71. The Labute approximate surface area is 191 Å². The average molecular weight is 434 g/mol. The fourth-order valence-corrected chi connectivity index (χ4v) is 7.18. The first kappa shape index (κ1) is 20.3. The molecule has 4 heterocycles. The van der Waals surface area contributed by atoms with Gasteiger partial charge in [0.15, 0.2) is 0 Å². The zero-order valence-electron chi connectivity index (χ0n) is 19.2. The second-order valence-electron chi connectivity index (χ2n) is 10.2. The Morgan fingerprint density at radius 1 is 1.16 bits per heavy atom. The van der Waals surface area contributed by atoms with Gasteiger partial charge in [-0.2, -0.15) is 0 Å². The van der Waals surface area contributed by atoms with Gasteiger partial charge in [-0.25, -0.2) is 0 Å². The number of amides is 1. The van der Waals surface area contributed by atoms with Crippen molar-refractivity contribution in [3.63, 3.8) is 0 Å². The minimum atomic E-state index is 0.324. The highest BCUT2D eigenvalue weighted by molar-refractivity contribution is 5.86. The molecular formula is C27H35N3O2. The number of benzene rings is 1. The predicted octanol–water partition coefficient (Wildman–Crippen LogP) is 4.46. The van der Waals surface area contributed by atoms with Crippen molar-refractivity contribution in [3.05, 3.63) is 42.1 Å². The topological polar surface area (TPSA) is 37.7 Å². The molecule has 4 atom stereocenters. The first-order chi connectivity index (χ1) is 15.7. The van der Waals surface area contributed by atoms with Crippen LogP contribution < -0.4 is 4.74 Å². The molecule has 0 saturated carbocycles. The maximum atomic E-state index is 13.5. The molecular weight excluding hydrogens is 398 g/mol. The highest BCUT2D eigenvalue weighted by atomic mass is 16.5. The second-order valence-corrected chi connectivity index (χ2v) is 10.2. The molecule has 1 aromatic carbocycles. The van der Waals surface area contributed by atoms with Gasteiger partial charge in [-0.1, -0.05) is 24.1 Å². The Morgan fingerprint density at radius 3 is 3.00 bits per heavy atom. The highest BCUT2D eigenvalue weighted by Crippen LogP contribution is 2.45. The molecule has 5 nitrogen and oxygen atoms in total. The lowest BCUT2D eigenvalue weighted by molar-refractivity contribution is -0.136. The summed E-state index contributed by atoms with van der Waals surface area (Å²) in [5, 5.41) is 1.11. The molecule has 3 aliphatic heterocycles. The van der Waals surface area contributed by atoms with E-state index in [0.717, 1.165) is 48.1 Å². The summed E-state index contributed by atoms with van der Waals surface area (Å²) >= 11 is 0. The monoisotopic (exact) mass is 433 g/mol. The molecule has 1 amide bonds. The molecule has 2 aromatic rings. The zero-order valence-corrected chi connectivity index (χ0v) is 19.2. The quantitative estimate of drug-likeness (QED) is 0.668. The van der Waals surface area contributed by atoms with E-state index in [1.54, 1.807) is 12.7 Å². The van der Waals surface area contributed by atoms with E-state index < -0.39 is 0 Å². The van der Waals surface area contributed by atoms with Gasteiger partial charge in [0.25, 0.3) is 0 Å². The first-order valence-electron chi connectivity index (χ1n) is 12.6. The van der Waals surface area contributed by atoms with Gasteiger partial charge in [0.05, 0.1) is 18.7 Å². The van der Waals surface area contributed by atoms with Crippen LogP contribution in [-0.2, 0) is 11.3 Å². The maximum absolute atomic E-state index is 13.5. The minimum absolute atomic E-state index is 0.324. The minimum Gasteiger partial charge on any atom is -0.496 e. The van der Waals surface area contributed by atoms with Crippen LogP contribution in [0.15, 0.2) is 42.1 Å². The van der Waals surface area contributed by atoms with Crippen molar-refractivity contribution in [1.29, 1.82) is 0 Å². The standard InChI is InChI=1S/C27H35N3O2/c1-32-25-9-4-8-24-22(25)10-14-28(24)15-11-26(31)30-13-5-6-19-16-20-17-21(27(19)30)18-29-12-3-2-7-23(20)29/h4,8-10,14,16,20-21,23,27H,2-3,5-7,11-13,15,17-18H2,1H3/t20-,21-,23-,27-/m0/s1. The van der Waals surface area contributed by atoms with Crippen LogP contribution in [0.3, 0.4) is 0 Å². The smallest absolute Gasteiger partial charge is 0.224 e. The van der Waals surface area contributed by atoms with Crippen LogP contribution in [0.2, 0.25) is 0 Å². The number of carbonyl (C=O) groups excluding carboxylic acids is 1. The molecule has 1 aromatic heterocycles. The number of aryl methyl sites for hydroxylation is 1. The van der Waals surface area contributed by atoms with Gasteiger partial charge in [0.1, 0.15) is 5.75 Å². The molecule has 170 valence electrons. The Morgan fingerprint density at radius 2 is 2.09 bits per heavy atom. The third-order valence-corrected chi connectivity index (χ3v) is 8.54. The normalized spacial score (nSPS) is 29.9. The molecule has 1 aliphatic carbocycles. The number of hydrogen-bond donors (Lipinski definition) is 0. The van der Waals surface area contributed by atoms with E-state index in [4.69, 9.17) is 4.74 Å². The fraction of sp³-hybridized carbons (Fsp3) is 0.593. The molecule has 2 bridgehead atoms. The Hall–Kier alpha value is -2.27. The number of nitrogens with zero attached hydrogens (tertiary/aromatic N) is 3. The molecule has 3 fully saturated rings. The fourth-order valence-electron chi connectivity index (χ4n) is 7.18. The second kappa shape index (κ2) is 8.26. The molecule has 5 heteroatoms. The summed E-state index contributed by atoms with van der Waals surface area (Å²) in [5.41, 5.74) is 2.72. The molecule has 6 rings (SSSR count). The highest BCUT2D eigenvalue weighted by Gasteiger charge is 2.46. The number of rotatable bonds is 4. The van der Waals surface area contributed by atoms with Gasteiger partial charge in [-0.3, -0.25) is 9.69 Å². The van der Waals surface area contributed by atoms with Crippen molar-refractivity contribution in [1.82, 2.24) is 14.4 Å². The summed E-state index contributed by atoms with van der Waals surface area (Å²) in [5.74, 6) is 2.56. The number of likely N-dealkylation sites (tertiary alicyclic amines) is 1. The largest absolute Gasteiger partial charge is 0.496 e. The molecule has 0 unspecified atom stereocenters. The zero-order chi connectivity index (χ0) is 21.7. The summed E-state index contributed by atoms with van der Waals surface area (Å²) < 4.78 is 7.70. The molecule has 0 spiro atoms. The van der Waals surface area contributed by atoms with Gasteiger partial charge in [0, 0.05) is 43.7 Å². The lowest BCUT2D eigenvalue weighted by Gasteiger charge is -2.54. The van der Waals surface area contributed by atoms with Gasteiger partial charge < -0.3 is 14.2 Å². The lowest BCUT2D eigenvalue weighted by Crippen LogP contribution is -2.60. The van der Waals surface area contributed by atoms with Crippen molar-refractivity contribution in [2.75, 3.05) is 26.7 Å². The number of fused-ring (bicyclic) bond motifs is 7. The maximum Gasteiger partial charge on any atom is 0.224 e. The average Bonchev–Trinajstić information content (AvgIpc) is 3.25. The van der Waals surface area contributed by atoms with Crippen molar-refractivity contribution in [2.45, 2.75) is 63.6 Å². The summed E-state index contributed by atoms with van der Waals surface area (Å²) in [6, 6.07) is 9.33. The van der Waals surface area contributed by atoms with E-state index in [2.05, 4.69) is 38.8 Å². The number of hydrogen-bond acceptors (Lipinski definition) is 3. The number of methoxy groups -OCH3 is 1. The van der Waals surface area contributed by atoms with Crippen LogP contribution in [0, 0.1) is 11.8 Å². The van der Waals surface area contributed by atoms with Crippen molar-refractivity contribution in [2.24, 2.45) is 11.8 Å². The number of aromatic nitrogens is 1. The van der Waals surface area contributed by atoms with Crippen molar-refractivity contribution < 1.29 is 9.53 Å².